The molecule has 1 saturated heterocycles. The van der Waals surface area contributed by atoms with Gasteiger partial charge in [-0.05, 0) is 24.8 Å². The number of carbonyl (C=O) groups excluding carboxylic acids is 1. The van der Waals surface area contributed by atoms with Crippen molar-refractivity contribution in [3.63, 3.8) is 0 Å². The van der Waals surface area contributed by atoms with Crippen LogP contribution in [0.3, 0.4) is 0 Å². The van der Waals surface area contributed by atoms with Crippen LogP contribution in [0.2, 0.25) is 0 Å². The second-order valence-corrected chi connectivity index (χ2v) is 10.4. The van der Waals surface area contributed by atoms with Crippen molar-refractivity contribution in [2.75, 3.05) is 39.8 Å². The fourth-order valence-electron chi connectivity index (χ4n) is 5.52. The van der Waals surface area contributed by atoms with Crippen molar-refractivity contribution >= 4 is 23.0 Å². The lowest BCUT2D eigenvalue weighted by atomic mass is 9.84. The molecule has 6 rings (SSSR count). The molecule has 8 heteroatoms. The van der Waals surface area contributed by atoms with Crippen molar-refractivity contribution in [2.24, 2.45) is 0 Å². The van der Waals surface area contributed by atoms with Gasteiger partial charge in [-0.2, -0.15) is 0 Å². The number of carbonyl (C=O) groups is 1. The van der Waals surface area contributed by atoms with E-state index in [1.54, 1.807) is 0 Å². The molecule has 3 heterocycles. The van der Waals surface area contributed by atoms with Crippen LogP contribution in [-0.4, -0.2) is 65.8 Å². The van der Waals surface area contributed by atoms with Crippen molar-refractivity contribution in [2.45, 2.75) is 12.3 Å². The number of aromatic hydroxyl groups is 2. The topological polar surface area (TPSA) is 103 Å². The predicted octanol–water partition coefficient (Wildman–Crippen LogP) is 4.59. The highest BCUT2D eigenvalue weighted by molar-refractivity contribution is 5.91. The molecule has 1 amide bonds. The van der Waals surface area contributed by atoms with Gasteiger partial charge >= 0.3 is 0 Å². The molecule has 204 valence electrons. The van der Waals surface area contributed by atoms with Gasteiger partial charge in [0.2, 0.25) is 5.91 Å². The molecule has 1 fully saturated rings. The van der Waals surface area contributed by atoms with Gasteiger partial charge in [0.15, 0.2) is 5.43 Å². The number of phenols is 2. The maximum atomic E-state index is 13.7. The molecule has 4 aromatic rings. The Morgan fingerprint density at radius 3 is 2.45 bits per heavy atom. The molecule has 1 aromatic heterocycles. The molecule has 1 unspecified atom stereocenters. The maximum Gasteiger partial charge on any atom is 0.223 e. The molecule has 0 saturated carbocycles. The minimum absolute atomic E-state index is 0.0355. The zero-order valence-corrected chi connectivity index (χ0v) is 22.2. The van der Waals surface area contributed by atoms with Crippen LogP contribution in [0.5, 0.6) is 17.2 Å². The smallest absolute Gasteiger partial charge is 0.223 e. The Hall–Kier alpha value is -4.56. The quantitative estimate of drug-likeness (QED) is 0.383. The summed E-state index contributed by atoms with van der Waals surface area (Å²) >= 11 is 0. The molecular formula is C32H30N2O6. The number of benzene rings is 3. The summed E-state index contributed by atoms with van der Waals surface area (Å²) in [5.74, 6) is -0.346. The lowest BCUT2D eigenvalue weighted by molar-refractivity contribution is -0.133. The zero-order chi connectivity index (χ0) is 27.8. The van der Waals surface area contributed by atoms with Gasteiger partial charge in [-0.25, -0.2) is 0 Å². The molecule has 0 aliphatic carbocycles. The van der Waals surface area contributed by atoms with Crippen LogP contribution in [0.1, 0.15) is 23.5 Å². The average Bonchev–Trinajstić information content (AvgIpc) is 2.96. The van der Waals surface area contributed by atoms with Gasteiger partial charge in [0, 0.05) is 67.3 Å². The molecular weight excluding hydrogens is 508 g/mol. The number of amides is 1. The van der Waals surface area contributed by atoms with E-state index in [-0.39, 0.29) is 47.0 Å². The number of nitrogens with zero attached hydrogens (tertiary/aromatic N) is 2. The Kier molecular flexibility index (Phi) is 6.77. The lowest BCUT2D eigenvalue weighted by Gasteiger charge is -2.34. The van der Waals surface area contributed by atoms with E-state index in [0.717, 1.165) is 36.0 Å². The summed E-state index contributed by atoms with van der Waals surface area (Å²) in [5, 5.41) is 21.9. The largest absolute Gasteiger partial charge is 0.507 e. The molecule has 3 aromatic carbocycles. The second-order valence-electron chi connectivity index (χ2n) is 10.4. The van der Waals surface area contributed by atoms with E-state index in [1.165, 1.54) is 6.07 Å². The fourth-order valence-corrected chi connectivity index (χ4v) is 5.52. The van der Waals surface area contributed by atoms with Gasteiger partial charge in [-0.15, -0.1) is 0 Å². The average molecular weight is 539 g/mol. The van der Waals surface area contributed by atoms with E-state index < -0.39 is 11.3 Å². The molecule has 2 aliphatic heterocycles. The Morgan fingerprint density at radius 1 is 0.950 bits per heavy atom. The van der Waals surface area contributed by atoms with Crippen molar-refractivity contribution < 1.29 is 24.2 Å². The van der Waals surface area contributed by atoms with Crippen LogP contribution in [0.25, 0.3) is 28.4 Å². The van der Waals surface area contributed by atoms with Gasteiger partial charge < -0.3 is 29.2 Å². The summed E-state index contributed by atoms with van der Waals surface area (Å²) in [4.78, 5) is 31.0. The van der Waals surface area contributed by atoms with Gasteiger partial charge in [0.25, 0.3) is 0 Å². The van der Waals surface area contributed by atoms with Gasteiger partial charge in [-0.3, -0.25) is 9.59 Å². The lowest BCUT2D eigenvalue weighted by Crippen LogP contribution is -2.47. The Labute approximate surface area is 231 Å². The summed E-state index contributed by atoms with van der Waals surface area (Å²) in [6.07, 6.45) is 2.01. The molecule has 1 atom stereocenters. The third-order valence-corrected chi connectivity index (χ3v) is 7.74. The van der Waals surface area contributed by atoms with Crippen LogP contribution < -0.4 is 10.2 Å². The Bertz CT molecular complexity index is 1670. The fraction of sp³-hybridized carbons (Fsp3) is 0.250. The van der Waals surface area contributed by atoms with Crippen molar-refractivity contribution in [1.82, 2.24) is 9.80 Å². The van der Waals surface area contributed by atoms with E-state index in [4.69, 9.17) is 9.15 Å². The van der Waals surface area contributed by atoms with Gasteiger partial charge in [0.1, 0.15) is 40.6 Å². The van der Waals surface area contributed by atoms with Crippen LogP contribution in [-0.2, 0) is 4.79 Å². The number of hydrogen-bond acceptors (Lipinski definition) is 7. The van der Waals surface area contributed by atoms with Crippen LogP contribution >= 0.6 is 0 Å². The Morgan fingerprint density at radius 2 is 1.68 bits per heavy atom. The summed E-state index contributed by atoms with van der Waals surface area (Å²) in [6, 6.07) is 19.3. The van der Waals surface area contributed by atoms with E-state index >= 15 is 0 Å². The number of rotatable bonds is 5. The molecule has 0 bridgehead atoms. The molecule has 0 radical (unpaired) electrons. The van der Waals surface area contributed by atoms with Crippen LogP contribution in [0.15, 0.2) is 81.5 Å². The summed E-state index contributed by atoms with van der Waals surface area (Å²) in [6.45, 7) is 2.96. The first-order valence-electron chi connectivity index (χ1n) is 13.4. The minimum atomic E-state index is -0.669. The number of hydrogen-bond donors (Lipinski definition) is 2. The number of phenolic OH excluding ortho intramolecular Hbond substituents is 2. The molecule has 8 nitrogen and oxygen atoms in total. The summed E-state index contributed by atoms with van der Waals surface area (Å²) < 4.78 is 12.3. The van der Waals surface area contributed by atoms with Gasteiger partial charge in [0.05, 0.1) is 0 Å². The molecule has 2 N–H and O–H groups in total. The normalized spacial score (nSPS) is 16.2. The first kappa shape index (κ1) is 25.7. The molecule has 0 spiro atoms. The first-order valence-corrected chi connectivity index (χ1v) is 13.4. The van der Waals surface area contributed by atoms with Crippen LogP contribution in [0.4, 0.5) is 0 Å². The SMILES string of the molecule is CN1CCN(C(=O)CC(C2=Cc3ccccc3OC2)c2c(O)cc(O)c3c(=O)cc(-c4ccccc4)oc23)CC1. The van der Waals surface area contributed by atoms with E-state index in [0.29, 0.717) is 24.4 Å². The van der Waals surface area contributed by atoms with Crippen LogP contribution in [0, 0.1) is 0 Å². The maximum absolute atomic E-state index is 13.7. The third kappa shape index (κ3) is 4.82. The summed E-state index contributed by atoms with van der Waals surface area (Å²) in [5.41, 5.74) is 2.18. The van der Waals surface area contributed by atoms with Crippen molar-refractivity contribution in [3.05, 3.63) is 93.7 Å². The number of piperazine rings is 1. The highest BCUT2D eigenvalue weighted by Crippen LogP contribution is 2.45. The standard InChI is InChI=1S/C32H30N2O6/c1-33-11-13-34(14-12-33)29(38)16-23(22-15-21-9-5-6-10-27(21)39-19-22)30-24(35)17-25(36)31-26(37)18-28(40-32(30)31)20-7-3-2-4-8-20/h2-10,15,17-18,23,35-36H,11-14,16,19H2,1H3. The number of ether oxygens (including phenoxy) is 1. The third-order valence-electron chi connectivity index (χ3n) is 7.74. The molecule has 2 aliphatic rings. The predicted molar refractivity (Wildman–Crippen MR) is 153 cm³/mol. The van der Waals surface area contributed by atoms with Gasteiger partial charge in [-0.1, -0.05) is 48.5 Å². The summed E-state index contributed by atoms with van der Waals surface area (Å²) in [7, 11) is 2.03. The monoisotopic (exact) mass is 538 g/mol. The molecule has 40 heavy (non-hydrogen) atoms. The number of para-hydroxylation sites is 1. The van der Waals surface area contributed by atoms with E-state index in [1.807, 2.05) is 72.6 Å². The number of fused-ring (bicyclic) bond motifs is 2. The van der Waals surface area contributed by atoms with Crippen molar-refractivity contribution in [3.8, 4) is 28.6 Å². The van der Waals surface area contributed by atoms with Crippen molar-refractivity contribution in [1.29, 1.82) is 0 Å². The highest BCUT2D eigenvalue weighted by atomic mass is 16.5. The first-order chi connectivity index (χ1) is 19.4. The second kappa shape index (κ2) is 10.5. The van der Waals surface area contributed by atoms with E-state index in [2.05, 4.69) is 4.90 Å². The minimum Gasteiger partial charge on any atom is -0.507 e. The zero-order valence-electron chi connectivity index (χ0n) is 22.2. The number of likely N-dealkylation sites (N-methyl/N-ethyl adjacent to an activating group) is 1. The van der Waals surface area contributed by atoms with E-state index in [9.17, 15) is 19.8 Å². The Balaban J connectivity index is 1.53. The highest BCUT2D eigenvalue weighted by Gasteiger charge is 2.32.